The molecule has 2 saturated carbocycles. The Kier molecular flexibility index (Phi) is 14.7. The molecule has 4 atom stereocenters. The average Bonchev–Trinajstić information content (AvgIpc) is 1.54. The molecule has 448 valence electrons. The van der Waals surface area contributed by atoms with Crippen molar-refractivity contribution in [1.29, 1.82) is 0 Å². The minimum atomic E-state index is 0.0625. The highest BCUT2D eigenvalue weighted by Crippen LogP contribution is 2.65. The summed E-state index contributed by atoms with van der Waals surface area (Å²) in [6.07, 6.45) is 23.4. The zero-order valence-corrected chi connectivity index (χ0v) is 55.7. The van der Waals surface area contributed by atoms with Crippen molar-refractivity contribution in [3.8, 4) is 33.4 Å². The lowest BCUT2D eigenvalue weighted by Gasteiger charge is -2.23. The van der Waals surface area contributed by atoms with E-state index in [9.17, 15) is 0 Å². The minimum Gasteiger partial charge on any atom is -0.135 e. The van der Waals surface area contributed by atoms with Gasteiger partial charge in [-0.25, -0.2) is 0 Å². The molecule has 0 radical (unpaired) electrons. The predicted octanol–water partition coefficient (Wildman–Crippen LogP) is 24.8. The summed E-state index contributed by atoms with van der Waals surface area (Å²) < 4.78 is 11.0. The average molecular weight is 1270 g/mol. The fourth-order valence-corrected chi connectivity index (χ4v) is 19.7. The van der Waals surface area contributed by atoms with Crippen LogP contribution in [0.25, 0.3) is 127 Å². The van der Waals surface area contributed by atoms with Crippen LogP contribution in [0.3, 0.4) is 0 Å². The van der Waals surface area contributed by atoms with Gasteiger partial charge in [-0.2, -0.15) is 0 Å². The molecule has 0 nitrogen and oxygen atoms in total. The van der Waals surface area contributed by atoms with Gasteiger partial charge in [-0.15, -0.1) is 45.3 Å². The SMILES string of the molecule is C/C=C\C=C/Cc1cc2sc3c(c2c(-c2ccccc2)c1-c1ccccc1)=CC1(c2ccc4sc5ccccc5c4c2)CC1C=3.C1=C(c2ccccc2)C=C(c2ccc3sc4ccc(-c5ccc6sc7ccccc7c6c5)cc4c3c2)C2CC12c1ccccc1.CCC. The molecule has 15 aromatic rings. The molecular weight excluding hydrogens is 1200 g/mol. The first kappa shape index (κ1) is 57.6. The van der Waals surface area contributed by atoms with Crippen LogP contribution in [0.15, 0.2) is 285 Å². The molecule has 11 aromatic carbocycles. The maximum Gasteiger partial charge on any atom is 0.0364 e. The van der Waals surface area contributed by atoms with Gasteiger partial charge in [0.1, 0.15) is 0 Å². The third-order valence-electron chi connectivity index (χ3n) is 19.8. The Morgan fingerprint density at radius 3 is 1.53 bits per heavy atom. The molecule has 0 spiro atoms. The van der Waals surface area contributed by atoms with Gasteiger partial charge >= 0.3 is 0 Å². The fourth-order valence-electron chi connectivity index (χ4n) is 15.2. The number of rotatable bonds is 10. The smallest absolute Gasteiger partial charge is 0.0364 e. The van der Waals surface area contributed by atoms with Gasteiger partial charge in [0.15, 0.2) is 0 Å². The first-order chi connectivity index (χ1) is 45.9. The molecule has 4 aromatic heterocycles. The number of hydrogen-bond donors (Lipinski definition) is 0. The van der Waals surface area contributed by atoms with Gasteiger partial charge in [-0.3, -0.25) is 0 Å². The molecule has 4 unspecified atom stereocenters. The van der Waals surface area contributed by atoms with Crippen LogP contribution in [0.1, 0.15) is 67.9 Å². The van der Waals surface area contributed by atoms with Gasteiger partial charge in [-0.1, -0.05) is 251 Å². The molecule has 4 heteroatoms. The van der Waals surface area contributed by atoms with Crippen molar-refractivity contribution in [2.24, 2.45) is 11.8 Å². The number of allylic oxidation sites excluding steroid dienone is 8. The van der Waals surface area contributed by atoms with E-state index in [1.807, 2.05) is 45.3 Å². The maximum absolute atomic E-state index is 2.66. The van der Waals surface area contributed by atoms with Crippen LogP contribution in [0.2, 0.25) is 0 Å². The molecule has 0 amide bonds. The molecular formula is C89H68S4. The molecule has 19 rings (SSSR count). The van der Waals surface area contributed by atoms with Crippen molar-refractivity contribution in [1.82, 2.24) is 0 Å². The minimum absolute atomic E-state index is 0.0625. The number of fused-ring (bicyclic) bond motifs is 14. The highest BCUT2D eigenvalue weighted by atomic mass is 32.1. The Morgan fingerprint density at radius 1 is 0.409 bits per heavy atom. The highest BCUT2D eigenvalue weighted by molar-refractivity contribution is 7.26. The van der Waals surface area contributed by atoms with Gasteiger partial charge in [0.05, 0.1) is 0 Å². The Balaban J connectivity index is 0.000000136. The summed E-state index contributed by atoms with van der Waals surface area (Å²) in [6.45, 7) is 6.32. The number of benzene rings is 11. The zero-order valence-electron chi connectivity index (χ0n) is 52.4. The van der Waals surface area contributed by atoms with Gasteiger partial charge < -0.3 is 0 Å². The van der Waals surface area contributed by atoms with Crippen LogP contribution < -0.4 is 9.75 Å². The van der Waals surface area contributed by atoms with E-state index in [0.29, 0.717) is 11.8 Å². The zero-order chi connectivity index (χ0) is 62.2. The summed E-state index contributed by atoms with van der Waals surface area (Å²) in [5.74, 6) is 1.05. The van der Waals surface area contributed by atoms with E-state index in [-0.39, 0.29) is 10.8 Å². The summed E-state index contributed by atoms with van der Waals surface area (Å²) in [5, 5.41) is 11.0. The predicted molar refractivity (Wildman–Crippen MR) is 410 cm³/mol. The second kappa shape index (κ2) is 23.7. The van der Waals surface area contributed by atoms with Crippen LogP contribution in [-0.4, -0.2) is 0 Å². The Labute approximate surface area is 560 Å². The first-order valence-electron chi connectivity index (χ1n) is 33.0. The summed E-state index contributed by atoms with van der Waals surface area (Å²) in [4.78, 5) is 0. The molecule has 0 saturated heterocycles. The van der Waals surface area contributed by atoms with E-state index >= 15 is 0 Å². The Morgan fingerprint density at radius 2 is 0.914 bits per heavy atom. The van der Waals surface area contributed by atoms with Gasteiger partial charge in [0, 0.05) is 86.0 Å². The molecule has 93 heavy (non-hydrogen) atoms. The van der Waals surface area contributed by atoms with Crippen LogP contribution in [-0.2, 0) is 17.3 Å². The fraction of sp³-hybridized carbons (Fsp3) is 0.124. The lowest BCUT2D eigenvalue weighted by Crippen LogP contribution is -2.27. The Bertz CT molecular complexity index is 5670. The molecule has 4 aliphatic rings. The van der Waals surface area contributed by atoms with E-state index in [0.717, 1.165) is 12.8 Å². The topological polar surface area (TPSA) is 0 Å². The molecule has 0 N–H and O–H groups in total. The van der Waals surface area contributed by atoms with E-state index in [4.69, 9.17) is 0 Å². The monoisotopic (exact) mass is 1260 g/mol. The second-order valence-electron chi connectivity index (χ2n) is 25.7. The molecule has 4 aliphatic carbocycles. The summed E-state index contributed by atoms with van der Waals surface area (Å²) in [6, 6.07) is 92.7. The van der Waals surface area contributed by atoms with Gasteiger partial charge in [-0.05, 0) is 182 Å². The molecule has 2 fully saturated rings. The number of hydrogen-bond acceptors (Lipinski definition) is 4. The van der Waals surface area contributed by atoms with Crippen molar-refractivity contribution < 1.29 is 0 Å². The lowest BCUT2D eigenvalue weighted by molar-refractivity contribution is 0.831. The third kappa shape index (κ3) is 10.1. The van der Waals surface area contributed by atoms with Crippen molar-refractivity contribution >= 4 is 139 Å². The van der Waals surface area contributed by atoms with Gasteiger partial charge in [0.2, 0.25) is 0 Å². The van der Waals surface area contributed by atoms with E-state index < -0.39 is 0 Å². The maximum atomic E-state index is 2.66. The van der Waals surface area contributed by atoms with Crippen molar-refractivity contribution in [2.45, 2.75) is 57.3 Å². The quantitative estimate of drug-likeness (QED) is 0.120. The summed E-state index contributed by atoms with van der Waals surface area (Å²) in [7, 11) is 0. The Hall–Kier alpha value is -9.26. The van der Waals surface area contributed by atoms with E-state index in [1.165, 1.54) is 166 Å². The number of thiophene rings is 4. The summed E-state index contributed by atoms with van der Waals surface area (Å²) in [5.41, 5.74) is 17.7. The van der Waals surface area contributed by atoms with E-state index in [1.54, 1.807) is 0 Å². The van der Waals surface area contributed by atoms with Crippen LogP contribution in [0.5, 0.6) is 0 Å². The molecule has 4 heterocycles. The second-order valence-corrected chi connectivity index (χ2v) is 30.0. The van der Waals surface area contributed by atoms with Crippen molar-refractivity contribution in [2.75, 3.05) is 0 Å². The van der Waals surface area contributed by atoms with Crippen molar-refractivity contribution in [3.63, 3.8) is 0 Å². The van der Waals surface area contributed by atoms with E-state index in [2.05, 4.69) is 318 Å². The largest absolute Gasteiger partial charge is 0.135 e. The third-order valence-corrected chi connectivity index (χ3v) is 24.4. The highest BCUT2D eigenvalue weighted by Gasteiger charge is 2.57. The molecule has 0 bridgehead atoms. The van der Waals surface area contributed by atoms with Crippen LogP contribution in [0.4, 0.5) is 0 Å². The molecule has 0 aliphatic heterocycles. The normalized spacial score (nSPS) is 18.6. The summed E-state index contributed by atoms with van der Waals surface area (Å²) >= 11 is 7.66. The van der Waals surface area contributed by atoms with Gasteiger partial charge in [0.25, 0.3) is 0 Å². The first-order valence-corrected chi connectivity index (χ1v) is 36.2. The van der Waals surface area contributed by atoms with Crippen LogP contribution in [0, 0.1) is 11.8 Å². The van der Waals surface area contributed by atoms with Crippen molar-refractivity contribution in [3.05, 3.63) is 323 Å². The lowest BCUT2D eigenvalue weighted by atomic mass is 9.81. The standard InChI is InChI=1S/C43H28S2.C43H32S2.C3H8/c1-3-9-27(10-4-1)31-24-34(38-26-43(38,25-31)32-11-5-2-6-12-32)30-17-20-42-37(23-30)36-22-29(16-19-41(36)45-42)28-15-18-40-35(21-28)33-13-7-8-14-39(33)44-40;1-2-3-4-7-18-30-23-39-42(41(29-16-10-6-11-17-29)40(30)28-14-8-5-9-15-28)35-27-43(26-32(43)25-38(35)45-39)31-21-22-37-34(24-31)33-19-12-13-20-36(33)44-37;1-3-2/h1-25,38H,26H2;2-17,19-25,27,32H,18,26H2,1H3;3H2,1-2H3/b;3-2-,7-4-;. The van der Waals surface area contributed by atoms with Crippen LogP contribution >= 0.6 is 45.3 Å².